The van der Waals surface area contributed by atoms with Gasteiger partial charge in [0, 0.05) is 22.5 Å². The summed E-state index contributed by atoms with van der Waals surface area (Å²) in [6.07, 6.45) is 2.00. The molecule has 0 saturated heterocycles. The largest absolute Gasteiger partial charge is 0.399 e. The molecule has 0 atom stereocenters. The average molecular weight is 259 g/mol. The van der Waals surface area contributed by atoms with Crippen LogP contribution in [0.5, 0.6) is 0 Å². The Balaban J connectivity index is 1.76. The summed E-state index contributed by atoms with van der Waals surface area (Å²) in [5.41, 5.74) is 8.25. The fraction of sp³-hybridized carbons (Fsp3) is 0.231. The van der Waals surface area contributed by atoms with Crippen LogP contribution in [0.3, 0.4) is 0 Å². The Morgan fingerprint density at radius 3 is 2.72 bits per heavy atom. The van der Waals surface area contributed by atoms with E-state index in [2.05, 4.69) is 10.3 Å². The Morgan fingerprint density at radius 1 is 1.33 bits per heavy atom. The monoisotopic (exact) mass is 259 g/mol. The van der Waals surface area contributed by atoms with Crippen LogP contribution < -0.4 is 11.1 Å². The zero-order chi connectivity index (χ0) is 12.5. The van der Waals surface area contributed by atoms with E-state index in [-0.39, 0.29) is 11.8 Å². The smallest absolute Gasteiger partial charge is 0.229 e. The molecule has 1 aromatic heterocycles. The summed E-state index contributed by atoms with van der Waals surface area (Å²) >= 11 is 1.45. The molecular weight excluding hydrogens is 246 g/mol. The molecule has 1 amide bonds. The van der Waals surface area contributed by atoms with Crippen LogP contribution in [-0.2, 0) is 4.79 Å². The SMILES string of the molecule is Nc1ccc(-c2csc(NC(=O)C3CC3)n2)cc1. The fourth-order valence-electron chi connectivity index (χ4n) is 1.67. The van der Waals surface area contributed by atoms with E-state index in [1.807, 2.05) is 29.6 Å². The molecule has 92 valence electrons. The molecule has 5 heteroatoms. The van der Waals surface area contributed by atoms with Crippen molar-refractivity contribution in [2.75, 3.05) is 11.1 Å². The summed E-state index contributed by atoms with van der Waals surface area (Å²) in [6, 6.07) is 7.54. The average Bonchev–Trinajstić information content (AvgIpc) is 3.12. The van der Waals surface area contributed by atoms with E-state index in [4.69, 9.17) is 5.73 Å². The molecule has 1 aliphatic rings. The second-order valence-corrected chi connectivity index (χ2v) is 5.28. The molecular formula is C13H13N3OS. The first-order valence-electron chi connectivity index (χ1n) is 5.85. The first-order valence-corrected chi connectivity index (χ1v) is 6.72. The van der Waals surface area contributed by atoms with Gasteiger partial charge in [-0.15, -0.1) is 11.3 Å². The van der Waals surface area contributed by atoms with Gasteiger partial charge in [-0.1, -0.05) is 12.1 Å². The van der Waals surface area contributed by atoms with Crippen molar-refractivity contribution in [1.82, 2.24) is 4.98 Å². The molecule has 0 aliphatic heterocycles. The van der Waals surface area contributed by atoms with Crippen LogP contribution in [0.2, 0.25) is 0 Å². The Bertz CT molecular complexity index is 572. The lowest BCUT2D eigenvalue weighted by Gasteiger charge is -1.99. The van der Waals surface area contributed by atoms with E-state index in [1.54, 1.807) is 0 Å². The Kier molecular flexibility index (Phi) is 2.76. The summed E-state index contributed by atoms with van der Waals surface area (Å²) < 4.78 is 0. The van der Waals surface area contributed by atoms with Crippen molar-refractivity contribution in [3.63, 3.8) is 0 Å². The minimum Gasteiger partial charge on any atom is -0.399 e. The van der Waals surface area contributed by atoms with Gasteiger partial charge in [0.15, 0.2) is 5.13 Å². The van der Waals surface area contributed by atoms with Crippen molar-refractivity contribution in [1.29, 1.82) is 0 Å². The summed E-state index contributed by atoms with van der Waals surface area (Å²) in [4.78, 5) is 16.0. The van der Waals surface area contributed by atoms with Crippen molar-refractivity contribution < 1.29 is 4.79 Å². The maximum absolute atomic E-state index is 11.6. The normalized spacial score (nSPS) is 14.4. The van der Waals surface area contributed by atoms with Gasteiger partial charge < -0.3 is 11.1 Å². The topological polar surface area (TPSA) is 68.0 Å². The highest BCUT2D eigenvalue weighted by molar-refractivity contribution is 7.14. The van der Waals surface area contributed by atoms with Gasteiger partial charge in [0.25, 0.3) is 0 Å². The minimum absolute atomic E-state index is 0.0909. The highest BCUT2D eigenvalue weighted by atomic mass is 32.1. The van der Waals surface area contributed by atoms with Crippen molar-refractivity contribution in [2.45, 2.75) is 12.8 Å². The lowest BCUT2D eigenvalue weighted by molar-refractivity contribution is -0.117. The summed E-state index contributed by atoms with van der Waals surface area (Å²) in [6.45, 7) is 0. The van der Waals surface area contributed by atoms with E-state index in [9.17, 15) is 4.79 Å². The summed E-state index contributed by atoms with van der Waals surface area (Å²) in [7, 11) is 0. The third kappa shape index (κ3) is 2.36. The fourth-order valence-corrected chi connectivity index (χ4v) is 2.39. The van der Waals surface area contributed by atoms with Crippen LogP contribution in [0.4, 0.5) is 10.8 Å². The number of nitrogens with zero attached hydrogens (tertiary/aromatic N) is 1. The number of carbonyl (C=O) groups is 1. The number of hydrogen-bond acceptors (Lipinski definition) is 4. The number of nitrogens with one attached hydrogen (secondary N) is 1. The van der Waals surface area contributed by atoms with Gasteiger partial charge in [-0.2, -0.15) is 0 Å². The van der Waals surface area contributed by atoms with Gasteiger partial charge >= 0.3 is 0 Å². The van der Waals surface area contributed by atoms with Crippen LogP contribution in [0.15, 0.2) is 29.6 Å². The van der Waals surface area contributed by atoms with Crippen LogP contribution in [0.25, 0.3) is 11.3 Å². The standard InChI is InChI=1S/C13H13N3OS/c14-10-5-3-8(4-6-10)11-7-18-13(15-11)16-12(17)9-1-2-9/h3-7,9H,1-2,14H2,(H,15,16,17). The van der Waals surface area contributed by atoms with Crippen molar-refractivity contribution in [3.8, 4) is 11.3 Å². The molecule has 0 spiro atoms. The second kappa shape index (κ2) is 4.42. The van der Waals surface area contributed by atoms with Crippen LogP contribution in [0, 0.1) is 5.92 Å². The Hall–Kier alpha value is -1.88. The lowest BCUT2D eigenvalue weighted by atomic mass is 10.1. The van der Waals surface area contributed by atoms with E-state index in [1.165, 1.54) is 11.3 Å². The summed E-state index contributed by atoms with van der Waals surface area (Å²) in [5.74, 6) is 0.294. The maximum atomic E-state index is 11.6. The number of thiazole rings is 1. The molecule has 4 nitrogen and oxygen atoms in total. The number of aromatic nitrogens is 1. The van der Waals surface area contributed by atoms with Gasteiger partial charge in [-0.3, -0.25) is 4.79 Å². The first-order chi connectivity index (χ1) is 8.72. The molecule has 1 aliphatic carbocycles. The van der Waals surface area contributed by atoms with Crippen molar-refractivity contribution >= 4 is 28.1 Å². The number of hydrogen-bond donors (Lipinski definition) is 2. The van der Waals surface area contributed by atoms with Gasteiger partial charge in [-0.25, -0.2) is 4.98 Å². The van der Waals surface area contributed by atoms with Crippen molar-refractivity contribution in [3.05, 3.63) is 29.6 Å². The Morgan fingerprint density at radius 2 is 2.06 bits per heavy atom. The highest BCUT2D eigenvalue weighted by Crippen LogP contribution is 2.31. The molecule has 1 saturated carbocycles. The maximum Gasteiger partial charge on any atom is 0.229 e. The molecule has 18 heavy (non-hydrogen) atoms. The first kappa shape index (κ1) is 11.2. The zero-order valence-electron chi connectivity index (χ0n) is 9.72. The van der Waals surface area contributed by atoms with Gasteiger partial charge in [-0.05, 0) is 25.0 Å². The molecule has 2 aromatic rings. The second-order valence-electron chi connectivity index (χ2n) is 4.42. The molecule has 1 aromatic carbocycles. The van der Waals surface area contributed by atoms with Crippen molar-refractivity contribution in [2.24, 2.45) is 5.92 Å². The molecule has 0 radical (unpaired) electrons. The van der Waals surface area contributed by atoms with Gasteiger partial charge in [0.2, 0.25) is 5.91 Å². The number of amides is 1. The zero-order valence-corrected chi connectivity index (χ0v) is 10.5. The number of nitrogen functional groups attached to an aromatic ring is 1. The van der Waals surface area contributed by atoms with E-state index >= 15 is 0 Å². The van der Waals surface area contributed by atoms with Crippen LogP contribution in [0.1, 0.15) is 12.8 Å². The van der Waals surface area contributed by atoms with E-state index in [0.29, 0.717) is 5.13 Å². The van der Waals surface area contributed by atoms with E-state index < -0.39 is 0 Å². The molecule has 1 heterocycles. The third-order valence-corrected chi connectivity index (χ3v) is 3.65. The number of benzene rings is 1. The van der Waals surface area contributed by atoms with Gasteiger partial charge in [0.1, 0.15) is 0 Å². The van der Waals surface area contributed by atoms with Crippen LogP contribution >= 0.6 is 11.3 Å². The quantitative estimate of drug-likeness (QED) is 0.833. The third-order valence-electron chi connectivity index (χ3n) is 2.89. The molecule has 3 N–H and O–H groups in total. The van der Waals surface area contributed by atoms with E-state index in [0.717, 1.165) is 29.8 Å². The molecule has 0 bridgehead atoms. The number of rotatable bonds is 3. The molecule has 1 fully saturated rings. The summed E-state index contributed by atoms with van der Waals surface area (Å²) in [5, 5.41) is 5.45. The Labute approximate surface area is 109 Å². The van der Waals surface area contributed by atoms with Gasteiger partial charge in [0.05, 0.1) is 5.69 Å². The number of nitrogens with two attached hydrogens (primary N) is 1. The van der Waals surface area contributed by atoms with Crippen LogP contribution in [-0.4, -0.2) is 10.9 Å². The lowest BCUT2D eigenvalue weighted by Crippen LogP contribution is -2.12. The minimum atomic E-state index is 0.0909. The predicted octanol–water partition coefficient (Wildman–Crippen LogP) is 2.74. The highest BCUT2D eigenvalue weighted by Gasteiger charge is 2.30. The number of anilines is 2. The molecule has 0 unspecified atom stereocenters. The predicted molar refractivity (Wildman–Crippen MR) is 73.3 cm³/mol. The molecule has 3 rings (SSSR count). The number of carbonyl (C=O) groups excluding carboxylic acids is 1.